The Morgan fingerprint density at radius 2 is 2.15 bits per heavy atom. The average Bonchev–Trinajstić information content (AvgIpc) is 2.97. The summed E-state index contributed by atoms with van der Waals surface area (Å²) in [4.78, 5) is 29.9. The van der Waals surface area contributed by atoms with Crippen LogP contribution in [0.5, 0.6) is 0 Å². The number of ether oxygens (including phenoxy) is 1. The van der Waals surface area contributed by atoms with Crippen molar-refractivity contribution in [3.8, 4) is 6.07 Å². The van der Waals surface area contributed by atoms with Crippen molar-refractivity contribution >= 4 is 30.0 Å². The number of hydrogen-bond acceptors (Lipinski definition) is 6. The van der Waals surface area contributed by atoms with Gasteiger partial charge in [0.2, 0.25) is 0 Å². The molecule has 2 atom stereocenters. The molecule has 0 bridgehead atoms. The van der Waals surface area contributed by atoms with Crippen molar-refractivity contribution in [2.24, 2.45) is 7.05 Å². The molecule has 2 N–H and O–H groups in total. The lowest BCUT2D eigenvalue weighted by molar-refractivity contribution is 0.0952. The number of pyridine rings is 2. The van der Waals surface area contributed by atoms with Crippen molar-refractivity contribution in [2.75, 3.05) is 18.5 Å². The lowest BCUT2D eigenvalue weighted by atomic mass is 9.92. The molecular formula is C31H29N5O3. The largest absolute Gasteiger partial charge is 0.375 e. The van der Waals surface area contributed by atoms with Crippen LogP contribution in [0.3, 0.4) is 0 Å². The summed E-state index contributed by atoms with van der Waals surface area (Å²) < 4.78 is 7.05. The summed E-state index contributed by atoms with van der Waals surface area (Å²) >= 11 is 0. The van der Waals surface area contributed by atoms with Crippen LogP contribution in [-0.2, 0) is 18.4 Å². The van der Waals surface area contributed by atoms with E-state index in [1.165, 1.54) is 0 Å². The fourth-order valence-corrected chi connectivity index (χ4v) is 4.79. The van der Waals surface area contributed by atoms with Gasteiger partial charge in [-0.3, -0.25) is 19.1 Å². The Morgan fingerprint density at radius 1 is 1.31 bits per heavy atom. The number of fused-ring (bicyclic) bond motifs is 2. The summed E-state index contributed by atoms with van der Waals surface area (Å²) in [6.45, 7) is 7.09. The van der Waals surface area contributed by atoms with Gasteiger partial charge in [0, 0.05) is 30.8 Å². The van der Waals surface area contributed by atoms with E-state index in [2.05, 4.69) is 23.3 Å². The molecule has 8 nitrogen and oxygen atoms in total. The molecule has 0 aliphatic carbocycles. The third-order valence-electron chi connectivity index (χ3n) is 7.01. The minimum absolute atomic E-state index is 0.0826. The first-order valence-electron chi connectivity index (χ1n) is 12.7. The maximum Gasteiger partial charge on any atom is 0.251 e. The summed E-state index contributed by atoms with van der Waals surface area (Å²) in [5, 5.41) is 17.4. The van der Waals surface area contributed by atoms with Gasteiger partial charge in [0.25, 0.3) is 11.5 Å². The summed E-state index contributed by atoms with van der Waals surface area (Å²) in [6.07, 6.45) is 7.85. The van der Waals surface area contributed by atoms with Gasteiger partial charge in [-0.05, 0) is 59.2 Å². The standard InChI is InChI=1S/C31H29N5O3/c1-4-20-7-10-26(27-11-8-21-9-12-29(37)36(3)30(21)35-27)34-28(20)13-19(2)16-33-31(38)22-5-6-23-17-39-18-24(15-32)25(23)14-22/h4-14,24,27,35H,2,16-18H2,1,3H3,(H,33,38)/b20-4-,28-13+. The first kappa shape index (κ1) is 25.9. The zero-order valence-electron chi connectivity index (χ0n) is 21.9. The van der Waals surface area contributed by atoms with Gasteiger partial charge in [0.05, 0.1) is 42.3 Å². The van der Waals surface area contributed by atoms with Gasteiger partial charge in [-0.25, -0.2) is 0 Å². The van der Waals surface area contributed by atoms with E-state index >= 15 is 0 Å². The highest BCUT2D eigenvalue weighted by Crippen LogP contribution is 2.28. The Labute approximate surface area is 226 Å². The van der Waals surface area contributed by atoms with Gasteiger partial charge in [0.1, 0.15) is 5.82 Å². The molecule has 0 spiro atoms. The molecule has 0 radical (unpaired) electrons. The number of hydrogen-bond donors (Lipinski definition) is 2. The Hall–Kier alpha value is -4.74. The van der Waals surface area contributed by atoms with Crippen LogP contribution in [0.2, 0.25) is 0 Å². The summed E-state index contributed by atoms with van der Waals surface area (Å²) in [5.74, 6) is 0.135. The molecular weight excluding hydrogens is 490 g/mol. The van der Waals surface area contributed by atoms with Crippen molar-refractivity contribution in [1.29, 1.82) is 5.26 Å². The van der Waals surface area contributed by atoms with Gasteiger partial charge < -0.3 is 15.4 Å². The van der Waals surface area contributed by atoms with Gasteiger partial charge in [-0.15, -0.1) is 0 Å². The predicted molar refractivity (Wildman–Crippen MR) is 151 cm³/mol. The van der Waals surface area contributed by atoms with E-state index in [1.807, 2.05) is 49.4 Å². The molecule has 2 unspecified atom stereocenters. The lowest BCUT2D eigenvalue weighted by Crippen LogP contribution is -2.32. The number of carbonyl (C=O) groups excluding carboxylic acids is 1. The maximum absolute atomic E-state index is 12.9. The van der Waals surface area contributed by atoms with Crippen molar-refractivity contribution < 1.29 is 9.53 Å². The Bertz CT molecular complexity index is 1730. The fraction of sp³-hybridized carbons (Fsp3) is 0.226. The number of rotatable bonds is 5. The number of nitriles is 1. The zero-order chi connectivity index (χ0) is 27.5. The number of nitrogens with zero attached hydrogens (tertiary/aromatic N) is 3. The third kappa shape index (κ3) is 5.31. The van der Waals surface area contributed by atoms with Crippen LogP contribution in [0.1, 0.15) is 51.6 Å². The number of aromatic nitrogens is 2. The summed E-state index contributed by atoms with van der Waals surface area (Å²) in [5.41, 5.74) is 4.63. The molecule has 0 saturated heterocycles. The molecule has 0 fully saturated rings. The first-order valence-corrected chi connectivity index (χ1v) is 12.7. The molecule has 4 heterocycles. The first-order chi connectivity index (χ1) is 18.9. The van der Waals surface area contributed by atoms with Crippen molar-refractivity contribution in [3.63, 3.8) is 0 Å². The molecule has 5 rings (SSSR count). The Kier molecular flexibility index (Phi) is 7.26. The highest BCUT2D eigenvalue weighted by Gasteiger charge is 2.22. The number of amides is 1. The van der Waals surface area contributed by atoms with Gasteiger partial charge >= 0.3 is 0 Å². The van der Waals surface area contributed by atoms with Crippen LogP contribution >= 0.6 is 0 Å². The molecule has 1 aromatic carbocycles. The number of benzene rings is 1. The molecule has 3 aromatic rings. The van der Waals surface area contributed by atoms with Crippen LogP contribution in [0.25, 0.3) is 18.2 Å². The van der Waals surface area contributed by atoms with Gasteiger partial charge in [0.15, 0.2) is 0 Å². The number of carbonyl (C=O) groups is 1. The highest BCUT2D eigenvalue weighted by atomic mass is 16.5. The minimum Gasteiger partial charge on any atom is -0.375 e. The molecule has 0 saturated carbocycles. The third-order valence-corrected chi connectivity index (χ3v) is 7.01. The van der Waals surface area contributed by atoms with E-state index in [1.54, 1.807) is 35.9 Å². The quantitative estimate of drug-likeness (QED) is 0.537. The van der Waals surface area contributed by atoms with Crippen LogP contribution in [0.15, 0.2) is 65.5 Å². The fourth-order valence-electron chi connectivity index (χ4n) is 4.79. The van der Waals surface area contributed by atoms with E-state index < -0.39 is 0 Å². The van der Waals surface area contributed by atoms with Crippen molar-refractivity contribution in [2.45, 2.75) is 25.5 Å². The maximum atomic E-state index is 12.9. The predicted octanol–water partition coefficient (Wildman–Crippen LogP) is 2.66. The van der Waals surface area contributed by atoms with E-state index in [0.29, 0.717) is 24.4 Å². The smallest absolute Gasteiger partial charge is 0.251 e. The van der Waals surface area contributed by atoms with Crippen LogP contribution < -0.4 is 26.8 Å². The Balaban J connectivity index is 1.33. The molecule has 39 heavy (non-hydrogen) atoms. The Morgan fingerprint density at radius 3 is 2.95 bits per heavy atom. The van der Waals surface area contributed by atoms with E-state index in [4.69, 9.17) is 9.72 Å². The molecule has 2 aromatic heterocycles. The van der Waals surface area contributed by atoms with E-state index in [-0.39, 0.29) is 30.0 Å². The van der Waals surface area contributed by atoms with Crippen LogP contribution in [0, 0.1) is 11.3 Å². The zero-order valence-corrected chi connectivity index (χ0v) is 21.9. The topological polar surface area (TPSA) is 109 Å². The van der Waals surface area contributed by atoms with Gasteiger partial charge in [-0.1, -0.05) is 36.9 Å². The SMILES string of the molecule is C=C(/C=c1/nc(C2C=Cc3ccc(=O)n(C)c3N2)cc/c1=C/C)CNC(=O)c1ccc2c(c1)C(C#N)COC2. The average molecular weight is 520 g/mol. The number of nitrogens with one attached hydrogen (secondary N) is 2. The van der Waals surface area contributed by atoms with Crippen LogP contribution in [-0.4, -0.2) is 28.6 Å². The molecule has 196 valence electrons. The number of anilines is 1. The molecule has 1 amide bonds. The molecule has 2 aliphatic heterocycles. The van der Waals surface area contributed by atoms with E-state index in [0.717, 1.165) is 38.8 Å². The second-order valence-electron chi connectivity index (χ2n) is 9.61. The minimum atomic E-state index is -0.376. The second-order valence-corrected chi connectivity index (χ2v) is 9.61. The monoisotopic (exact) mass is 519 g/mol. The lowest BCUT2D eigenvalue weighted by Gasteiger charge is -2.23. The summed E-state index contributed by atoms with van der Waals surface area (Å²) in [7, 11) is 1.74. The highest BCUT2D eigenvalue weighted by molar-refractivity contribution is 5.94. The van der Waals surface area contributed by atoms with Gasteiger partial charge in [-0.2, -0.15) is 5.26 Å². The van der Waals surface area contributed by atoms with Crippen molar-refractivity contribution in [3.05, 3.63) is 110 Å². The molecule has 8 heteroatoms. The normalized spacial score (nSPS) is 18.5. The summed E-state index contributed by atoms with van der Waals surface area (Å²) in [6, 6.07) is 14.7. The van der Waals surface area contributed by atoms with Crippen LogP contribution in [0.4, 0.5) is 5.82 Å². The van der Waals surface area contributed by atoms with E-state index in [9.17, 15) is 14.9 Å². The molecule has 2 aliphatic rings. The second kappa shape index (κ2) is 10.9. The van der Waals surface area contributed by atoms with Crippen molar-refractivity contribution in [1.82, 2.24) is 14.9 Å².